The van der Waals surface area contributed by atoms with E-state index in [1.807, 2.05) is 60.8 Å². The zero-order valence-electron chi connectivity index (χ0n) is 19.0. The molecule has 2 aliphatic heterocycles. The van der Waals surface area contributed by atoms with Crippen LogP contribution in [0.25, 0.3) is 23.0 Å². The van der Waals surface area contributed by atoms with Gasteiger partial charge in [-0.15, -0.1) is 0 Å². The quantitative estimate of drug-likeness (QED) is 0.525. The van der Waals surface area contributed by atoms with Crippen LogP contribution in [0.3, 0.4) is 0 Å². The van der Waals surface area contributed by atoms with Crippen molar-refractivity contribution in [3.05, 3.63) is 90.2 Å². The van der Waals surface area contributed by atoms with Crippen molar-refractivity contribution in [3.8, 4) is 34.5 Å². The molecule has 6 rings (SSSR count). The Morgan fingerprint density at radius 3 is 2.72 bits per heavy atom. The van der Waals surface area contributed by atoms with Crippen molar-refractivity contribution in [2.24, 2.45) is 15.9 Å². The second kappa shape index (κ2) is 8.96. The summed E-state index contributed by atoms with van der Waals surface area (Å²) in [6.07, 6.45) is 10.6. The summed E-state index contributed by atoms with van der Waals surface area (Å²) < 4.78 is 13.2. The number of nitrogens with zero attached hydrogens (tertiary/aromatic N) is 5. The first-order chi connectivity index (χ1) is 17.7. The number of allylic oxidation sites excluding steroid dienone is 3. The Hall–Kier alpha value is -5.03. The summed E-state index contributed by atoms with van der Waals surface area (Å²) in [5, 5.41) is 14.8. The van der Waals surface area contributed by atoms with Crippen molar-refractivity contribution < 1.29 is 14.3 Å². The number of carbonyl (C=O) groups is 1. The van der Waals surface area contributed by atoms with Crippen LogP contribution < -0.4 is 9.47 Å². The number of amides is 1. The van der Waals surface area contributed by atoms with Gasteiger partial charge in [0.15, 0.2) is 17.3 Å². The van der Waals surface area contributed by atoms with E-state index in [1.54, 1.807) is 29.0 Å². The number of nitriles is 1. The lowest BCUT2D eigenvalue weighted by atomic mass is 9.96. The predicted molar refractivity (Wildman–Crippen MR) is 135 cm³/mol. The van der Waals surface area contributed by atoms with Gasteiger partial charge >= 0.3 is 0 Å². The number of benzene rings is 2. The third kappa shape index (κ3) is 3.93. The van der Waals surface area contributed by atoms with Crippen LogP contribution in [-0.2, 0) is 4.79 Å². The fourth-order valence-electron chi connectivity index (χ4n) is 4.21. The molecule has 3 aliphatic rings. The van der Waals surface area contributed by atoms with Crippen LogP contribution in [0.2, 0.25) is 0 Å². The largest absolute Gasteiger partial charge is 0.486 e. The Kier molecular flexibility index (Phi) is 5.35. The number of aromatic nitrogens is 2. The summed E-state index contributed by atoms with van der Waals surface area (Å²) >= 11 is 0. The molecule has 0 bridgehead atoms. The van der Waals surface area contributed by atoms with E-state index in [1.165, 1.54) is 0 Å². The maximum atomic E-state index is 12.6. The first-order valence-corrected chi connectivity index (χ1v) is 11.4. The summed E-state index contributed by atoms with van der Waals surface area (Å²) in [5.41, 5.74) is 3.71. The molecule has 0 saturated heterocycles. The summed E-state index contributed by atoms with van der Waals surface area (Å²) in [6, 6.07) is 17.5. The van der Waals surface area contributed by atoms with E-state index in [2.05, 4.69) is 16.1 Å². The molecule has 1 amide bonds. The molecule has 2 aromatic carbocycles. The maximum Gasteiger partial charge on any atom is 0.260 e. The van der Waals surface area contributed by atoms with Crippen molar-refractivity contribution in [2.75, 3.05) is 13.2 Å². The molecule has 0 saturated carbocycles. The molecule has 174 valence electrons. The minimum absolute atomic E-state index is 0.0919. The summed E-state index contributed by atoms with van der Waals surface area (Å²) in [6.45, 7) is 0.975. The highest BCUT2D eigenvalue weighted by Crippen LogP contribution is 2.36. The van der Waals surface area contributed by atoms with Gasteiger partial charge < -0.3 is 9.47 Å². The number of hydrogen-bond acceptors (Lipinski definition) is 6. The number of para-hydroxylation sites is 1. The topological polar surface area (TPSA) is 102 Å². The summed E-state index contributed by atoms with van der Waals surface area (Å²) in [4.78, 5) is 21.2. The van der Waals surface area contributed by atoms with Gasteiger partial charge in [0, 0.05) is 17.3 Å². The van der Waals surface area contributed by atoms with Crippen LogP contribution in [-0.4, -0.2) is 40.4 Å². The number of rotatable bonds is 4. The molecule has 0 fully saturated rings. The van der Waals surface area contributed by atoms with Gasteiger partial charge in [-0.1, -0.05) is 36.4 Å². The van der Waals surface area contributed by atoms with Crippen LogP contribution in [0.4, 0.5) is 0 Å². The smallest absolute Gasteiger partial charge is 0.260 e. The van der Waals surface area contributed by atoms with E-state index in [0.717, 1.165) is 11.3 Å². The molecule has 0 N–H and O–H groups in total. The molecule has 36 heavy (non-hydrogen) atoms. The number of amidine groups is 1. The summed E-state index contributed by atoms with van der Waals surface area (Å²) in [5.74, 6) is 0.559. The number of fused-ring (bicyclic) bond motifs is 2. The van der Waals surface area contributed by atoms with Crippen LogP contribution in [0, 0.1) is 17.2 Å². The van der Waals surface area contributed by atoms with Gasteiger partial charge in [-0.05, 0) is 42.5 Å². The third-order valence-electron chi connectivity index (χ3n) is 5.96. The van der Waals surface area contributed by atoms with E-state index < -0.39 is 5.92 Å². The average Bonchev–Trinajstić information content (AvgIpc) is 3.36. The van der Waals surface area contributed by atoms with Gasteiger partial charge in [0.2, 0.25) is 0 Å². The number of hydrogen-bond donors (Lipinski definition) is 0. The van der Waals surface area contributed by atoms with Gasteiger partial charge in [-0.2, -0.15) is 15.4 Å². The summed E-state index contributed by atoms with van der Waals surface area (Å²) in [7, 11) is 0. The Balaban J connectivity index is 1.47. The number of ether oxygens (including phenoxy) is 2. The zero-order chi connectivity index (χ0) is 24.5. The Morgan fingerprint density at radius 1 is 1.06 bits per heavy atom. The van der Waals surface area contributed by atoms with Crippen LogP contribution in [0.5, 0.6) is 11.5 Å². The lowest BCUT2D eigenvalue weighted by molar-refractivity contribution is -0.118. The SMILES string of the molecule is N#C/C(=C/c1cn(-c2ccccc2)nc1-c1ccc2c(c1)OCCO2)C1=NC(=O)C2C=CC=CC2=N1. The number of carbonyl (C=O) groups excluding carboxylic acids is 1. The molecule has 3 heterocycles. The Labute approximate surface area is 206 Å². The molecule has 1 unspecified atom stereocenters. The monoisotopic (exact) mass is 473 g/mol. The van der Waals surface area contributed by atoms with Crippen LogP contribution in [0.15, 0.2) is 94.6 Å². The fourth-order valence-corrected chi connectivity index (χ4v) is 4.21. The van der Waals surface area contributed by atoms with E-state index >= 15 is 0 Å². The first-order valence-electron chi connectivity index (χ1n) is 11.4. The molecule has 3 aromatic rings. The zero-order valence-corrected chi connectivity index (χ0v) is 19.0. The molecule has 0 radical (unpaired) electrons. The van der Waals surface area contributed by atoms with Crippen molar-refractivity contribution in [2.45, 2.75) is 0 Å². The van der Waals surface area contributed by atoms with Gasteiger partial charge in [-0.25, -0.2) is 9.67 Å². The fraction of sp³-hybridized carbons (Fsp3) is 0.107. The highest BCUT2D eigenvalue weighted by molar-refractivity contribution is 6.26. The van der Waals surface area contributed by atoms with E-state index in [4.69, 9.17) is 14.6 Å². The van der Waals surface area contributed by atoms with Crippen molar-refractivity contribution in [1.29, 1.82) is 5.26 Å². The van der Waals surface area contributed by atoms with Crippen molar-refractivity contribution in [1.82, 2.24) is 9.78 Å². The second-order valence-corrected chi connectivity index (χ2v) is 8.27. The molecule has 1 atom stereocenters. The molecule has 8 heteroatoms. The average molecular weight is 473 g/mol. The molecule has 1 aromatic heterocycles. The van der Waals surface area contributed by atoms with Gasteiger partial charge in [0.25, 0.3) is 5.91 Å². The van der Waals surface area contributed by atoms with E-state index in [0.29, 0.717) is 41.7 Å². The molecule has 0 spiro atoms. The predicted octanol–water partition coefficient (Wildman–Crippen LogP) is 4.34. The first kappa shape index (κ1) is 21.5. The molecular formula is C28H19N5O3. The normalized spacial score (nSPS) is 18.2. The van der Waals surface area contributed by atoms with Gasteiger partial charge in [-0.3, -0.25) is 4.79 Å². The van der Waals surface area contributed by atoms with E-state index in [-0.39, 0.29) is 17.3 Å². The number of aliphatic imine (C=N–C) groups is 2. The third-order valence-corrected chi connectivity index (χ3v) is 5.96. The minimum atomic E-state index is -0.507. The lowest BCUT2D eigenvalue weighted by Crippen LogP contribution is -2.27. The molecule has 8 nitrogen and oxygen atoms in total. The van der Waals surface area contributed by atoms with Crippen LogP contribution in [0.1, 0.15) is 5.56 Å². The van der Waals surface area contributed by atoms with Gasteiger partial charge in [0.1, 0.15) is 30.9 Å². The molecular weight excluding hydrogens is 454 g/mol. The maximum absolute atomic E-state index is 12.6. The molecule has 1 aliphatic carbocycles. The van der Waals surface area contributed by atoms with Crippen molar-refractivity contribution in [3.63, 3.8) is 0 Å². The van der Waals surface area contributed by atoms with Crippen LogP contribution >= 0.6 is 0 Å². The second-order valence-electron chi connectivity index (χ2n) is 8.27. The van der Waals surface area contributed by atoms with E-state index in [9.17, 15) is 10.1 Å². The Morgan fingerprint density at radius 2 is 1.89 bits per heavy atom. The highest BCUT2D eigenvalue weighted by atomic mass is 16.6. The minimum Gasteiger partial charge on any atom is -0.486 e. The standard InChI is InChI=1S/C28H19N5O3/c29-16-19(27-30-23-9-5-4-8-22(23)28(34)31-27)14-20-17-33(21-6-2-1-3-7-21)32-26(20)18-10-11-24-25(15-18)36-13-12-35-24/h1-11,14-15,17,22H,12-13H2/b19-14-. The lowest BCUT2D eigenvalue weighted by Gasteiger charge is -2.18. The van der Waals surface area contributed by atoms with Gasteiger partial charge in [0.05, 0.1) is 17.0 Å². The highest BCUT2D eigenvalue weighted by Gasteiger charge is 2.28. The van der Waals surface area contributed by atoms with Crippen molar-refractivity contribution >= 4 is 23.5 Å². The Bertz CT molecular complexity index is 1570.